The van der Waals surface area contributed by atoms with Crippen molar-refractivity contribution in [1.29, 1.82) is 0 Å². The van der Waals surface area contributed by atoms with Crippen LogP contribution in [0.1, 0.15) is 0 Å². The Morgan fingerprint density at radius 3 is 1.39 bits per heavy atom. The van der Waals surface area contributed by atoms with E-state index in [1.54, 1.807) is 0 Å². The van der Waals surface area contributed by atoms with Gasteiger partial charge in [0.1, 0.15) is 11.5 Å². The largest absolute Gasteiger partial charge is 0.488 e. The van der Waals surface area contributed by atoms with Crippen LogP contribution in [0.5, 0.6) is 11.5 Å². The van der Waals surface area contributed by atoms with Crippen molar-refractivity contribution >= 4 is 53.9 Å². The molecule has 1 saturated heterocycles. The third-order valence-corrected chi connectivity index (χ3v) is 4.08. The minimum absolute atomic E-state index is 0.239. The van der Waals surface area contributed by atoms with Crippen LogP contribution >= 0.6 is 0 Å². The van der Waals surface area contributed by atoms with Crippen molar-refractivity contribution in [3.05, 3.63) is 48.5 Å². The van der Waals surface area contributed by atoms with Crippen molar-refractivity contribution in [3.63, 3.8) is 0 Å². The molecule has 1 heterocycles. The zero-order chi connectivity index (χ0) is 20.4. The Hall–Kier alpha value is -2.13. The Labute approximate surface area is 160 Å². The molecule has 0 aromatic heterocycles. The molecular formula is C12H8B3F2O9S2. The fraction of sp³-hybridized carbons (Fsp3) is 0. The zero-order valence-corrected chi connectivity index (χ0v) is 15.2. The number of rotatable bonds is 6. The molecule has 0 saturated carbocycles. The summed E-state index contributed by atoms with van der Waals surface area (Å²) in [6.45, 7) is 0. The Balaban J connectivity index is 1.68. The second kappa shape index (κ2) is 8.09. The molecule has 2 aromatic rings. The van der Waals surface area contributed by atoms with Gasteiger partial charge in [-0.3, -0.25) is 0 Å². The van der Waals surface area contributed by atoms with Gasteiger partial charge in [-0.1, -0.05) is 32.0 Å². The van der Waals surface area contributed by atoms with Gasteiger partial charge in [-0.2, -0.15) is 16.8 Å². The van der Waals surface area contributed by atoms with Gasteiger partial charge < -0.3 is 22.1 Å². The SMILES string of the molecule is O=S(=O)(F)Oc1ccc(B2O[B]OB(c3ccc(OS(=O)(=O)F)cc3)O2)cc1. The Kier molecular flexibility index (Phi) is 5.95. The van der Waals surface area contributed by atoms with Crippen molar-refractivity contribution < 1.29 is 46.7 Å². The van der Waals surface area contributed by atoms with Crippen LogP contribution in [-0.2, 0) is 34.7 Å². The van der Waals surface area contributed by atoms with Gasteiger partial charge in [0.25, 0.3) is 0 Å². The molecule has 0 atom stereocenters. The molecule has 0 spiro atoms. The van der Waals surface area contributed by atoms with E-state index in [0.29, 0.717) is 10.9 Å². The fourth-order valence-electron chi connectivity index (χ4n) is 2.21. The number of halogens is 2. The first-order valence-electron chi connectivity index (χ1n) is 7.35. The molecule has 3 rings (SSSR count). The highest BCUT2D eigenvalue weighted by Crippen LogP contribution is 2.15. The van der Waals surface area contributed by atoms with E-state index in [1.807, 2.05) is 0 Å². The summed E-state index contributed by atoms with van der Waals surface area (Å²) in [4.78, 5) is 0. The van der Waals surface area contributed by atoms with Crippen LogP contribution in [0, 0.1) is 0 Å². The van der Waals surface area contributed by atoms with Crippen LogP contribution < -0.4 is 19.3 Å². The predicted molar refractivity (Wildman–Crippen MR) is 94.0 cm³/mol. The molecule has 28 heavy (non-hydrogen) atoms. The summed E-state index contributed by atoms with van der Waals surface area (Å²) in [5.74, 6) is -0.477. The molecule has 9 nitrogen and oxygen atoms in total. The van der Waals surface area contributed by atoms with Crippen LogP contribution in [0.4, 0.5) is 7.77 Å². The summed E-state index contributed by atoms with van der Waals surface area (Å²) in [6, 6.07) is 10.4. The van der Waals surface area contributed by atoms with Gasteiger partial charge in [0.2, 0.25) is 0 Å². The van der Waals surface area contributed by atoms with Crippen LogP contribution in [-0.4, -0.2) is 38.8 Å². The molecule has 0 aliphatic carbocycles. The summed E-state index contributed by atoms with van der Waals surface area (Å²) < 4.78 is 91.0. The smallest absolute Gasteiger partial charge is 0.451 e. The molecule has 2 aromatic carbocycles. The summed E-state index contributed by atoms with van der Waals surface area (Å²) >= 11 is 0. The third kappa shape index (κ3) is 5.94. The Morgan fingerprint density at radius 2 is 1.07 bits per heavy atom. The van der Waals surface area contributed by atoms with Crippen molar-refractivity contribution in [2.24, 2.45) is 0 Å². The Bertz CT molecular complexity index is 950. The first-order chi connectivity index (χ1) is 13.1. The maximum atomic E-state index is 12.5. The maximum Gasteiger partial charge on any atom is 0.488 e. The average Bonchev–Trinajstić information content (AvgIpc) is 2.60. The van der Waals surface area contributed by atoms with Gasteiger partial charge in [-0.25, -0.2) is 0 Å². The highest BCUT2D eigenvalue weighted by molar-refractivity contribution is 7.82. The first-order valence-corrected chi connectivity index (χ1v) is 9.97. The molecule has 0 unspecified atom stereocenters. The Morgan fingerprint density at radius 1 is 0.714 bits per heavy atom. The molecule has 0 amide bonds. The van der Waals surface area contributed by atoms with E-state index in [9.17, 15) is 24.6 Å². The van der Waals surface area contributed by atoms with E-state index in [2.05, 4.69) is 8.37 Å². The highest BCUT2D eigenvalue weighted by atomic mass is 32.3. The summed E-state index contributed by atoms with van der Waals surface area (Å²) in [5, 5.41) is 0. The van der Waals surface area contributed by atoms with Crippen molar-refractivity contribution in [1.82, 2.24) is 0 Å². The van der Waals surface area contributed by atoms with E-state index in [0.717, 1.165) is 7.69 Å². The van der Waals surface area contributed by atoms with Gasteiger partial charge in [0.15, 0.2) is 0 Å². The number of hydrogen-bond acceptors (Lipinski definition) is 9. The van der Waals surface area contributed by atoms with Gasteiger partial charge in [0.05, 0.1) is 0 Å². The van der Waals surface area contributed by atoms with Gasteiger partial charge in [0, 0.05) is 0 Å². The average molecular weight is 431 g/mol. The van der Waals surface area contributed by atoms with Crippen molar-refractivity contribution in [2.75, 3.05) is 0 Å². The molecule has 1 radical (unpaired) electrons. The van der Waals surface area contributed by atoms with Crippen LogP contribution in [0.2, 0.25) is 0 Å². The van der Waals surface area contributed by atoms with E-state index in [1.165, 1.54) is 48.5 Å². The third-order valence-electron chi connectivity index (χ3n) is 3.30. The molecule has 1 aliphatic rings. The normalized spacial score (nSPS) is 15.1. The minimum Gasteiger partial charge on any atom is -0.451 e. The molecule has 1 aliphatic heterocycles. The highest BCUT2D eigenvalue weighted by Gasteiger charge is 2.36. The lowest BCUT2D eigenvalue weighted by Crippen LogP contribution is -2.54. The summed E-state index contributed by atoms with van der Waals surface area (Å²) in [6.07, 6.45) is 0. The second-order valence-corrected chi connectivity index (χ2v) is 7.17. The van der Waals surface area contributed by atoms with Crippen LogP contribution in [0.15, 0.2) is 48.5 Å². The number of hydrogen-bond donors (Lipinski definition) is 0. The maximum absolute atomic E-state index is 12.5. The van der Waals surface area contributed by atoms with Gasteiger partial charge >= 0.3 is 42.9 Å². The molecule has 16 heteroatoms. The van der Waals surface area contributed by atoms with E-state index in [4.69, 9.17) is 13.7 Å². The lowest BCUT2D eigenvalue weighted by Gasteiger charge is -2.25. The second-order valence-electron chi connectivity index (χ2n) is 5.26. The quantitative estimate of drug-likeness (QED) is 0.444. The van der Waals surface area contributed by atoms with Crippen LogP contribution in [0.3, 0.4) is 0 Å². The van der Waals surface area contributed by atoms with Crippen molar-refractivity contribution in [3.8, 4) is 11.5 Å². The van der Waals surface area contributed by atoms with Crippen LogP contribution in [0.25, 0.3) is 0 Å². The monoisotopic (exact) mass is 431 g/mol. The number of benzene rings is 2. The molecule has 0 N–H and O–H groups in total. The van der Waals surface area contributed by atoms with E-state index >= 15 is 0 Å². The molecule has 145 valence electrons. The van der Waals surface area contributed by atoms with Gasteiger partial charge in [-0.05, 0) is 35.2 Å². The molecule has 1 fully saturated rings. The zero-order valence-electron chi connectivity index (χ0n) is 13.6. The molecular weight excluding hydrogens is 423 g/mol. The fourth-order valence-corrected chi connectivity index (χ4v) is 2.90. The minimum atomic E-state index is -5.13. The topological polar surface area (TPSA) is 114 Å². The van der Waals surface area contributed by atoms with E-state index in [-0.39, 0.29) is 11.5 Å². The predicted octanol–water partition coefficient (Wildman–Crippen LogP) is -0.439. The van der Waals surface area contributed by atoms with Crippen molar-refractivity contribution in [2.45, 2.75) is 0 Å². The lowest BCUT2D eigenvalue weighted by atomic mass is 9.67. The standard InChI is InChI=1S/C12H8B3F2O9S2/c16-27(18,19)22-11-5-1-9(2-6-11)14-24-13-25-15(26-14)10-3-7-12(8-4-10)23-28(17,20)21/h1-8H. The van der Waals surface area contributed by atoms with E-state index < -0.39 is 35.2 Å². The van der Waals surface area contributed by atoms with Gasteiger partial charge in [-0.15, -0.1) is 0 Å². The first kappa shape index (κ1) is 20.6. The molecule has 0 bridgehead atoms. The summed E-state index contributed by atoms with van der Waals surface area (Å²) in [5.41, 5.74) is 0.883. The summed E-state index contributed by atoms with van der Waals surface area (Å²) in [7, 11) is -11.1. The lowest BCUT2D eigenvalue weighted by molar-refractivity contribution is 0.321.